The molecule has 4 N–H and O–H groups in total. The first-order valence-electron chi connectivity index (χ1n) is 2.41. The summed E-state index contributed by atoms with van der Waals surface area (Å²) in [7, 11) is 0. The van der Waals surface area contributed by atoms with Crippen LogP contribution in [0.2, 0.25) is 0 Å². The predicted molar refractivity (Wildman–Crippen MR) is 38.4 cm³/mol. The molecule has 2 amide bonds. The van der Waals surface area contributed by atoms with E-state index >= 15 is 0 Å². The minimum Gasteiger partial charge on any atom is -0.352 e. The van der Waals surface area contributed by atoms with Gasteiger partial charge in [-0.25, -0.2) is 4.79 Å². The first kappa shape index (κ1) is 8.83. The Balaban J connectivity index is 0.000000180. The number of hydrogen-bond donors (Lipinski definition) is 2. The third-order valence-corrected chi connectivity index (χ3v) is 1.09. The van der Waals surface area contributed by atoms with Crippen LogP contribution in [0.1, 0.15) is 5.69 Å². The van der Waals surface area contributed by atoms with Crippen LogP contribution in [-0.4, -0.2) is 15.6 Å². The Morgan fingerprint density at radius 2 is 2.20 bits per heavy atom. The van der Waals surface area contributed by atoms with Gasteiger partial charge < -0.3 is 11.5 Å². The summed E-state index contributed by atoms with van der Waals surface area (Å²) in [6, 6.07) is -0.833. The fourth-order valence-corrected chi connectivity index (χ4v) is 0.634. The fraction of sp³-hybridized carbons (Fsp3) is 0.250. The second kappa shape index (κ2) is 4.68. The Kier molecular flexibility index (Phi) is 4.14. The van der Waals surface area contributed by atoms with Crippen LogP contribution in [-0.2, 0) is 0 Å². The lowest BCUT2D eigenvalue weighted by molar-refractivity contribution is 0.256. The van der Waals surface area contributed by atoms with Crippen molar-refractivity contribution in [3.63, 3.8) is 0 Å². The quantitative estimate of drug-likeness (QED) is 0.553. The summed E-state index contributed by atoms with van der Waals surface area (Å²) in [5.41, 5.74) is 9.50. The summed E-state index contributed by atoms with van der Waals surface area (Å²) >= 11 is 1.38. The second-order valence-electron chi connectivity index (χ2n) is 1.45. The van der Waals surface area contributed by atoms with Crippen molar-refractivity contribution in [2.45, 2.75) is 6.92 Å². The average molecular weight is 160 g/mol. The standard InChI is InChI=1S/C3H4N2S.CH4N2O/c1-3-2-6-5-4-3;2-1(3)4/h2H,1H3;(H4,2,3,4). The molecule has 56 valence electrons. The highest BCUT2D eigenvalue weighted by molar-refractivity contribution is 7.03. The summed E-state index contributed by atoms with van der Waals surface area (Å²) in [5.74, 6) is 0. The van der Waals surface area contributed by atoms with Crippen molar-refractivity contribution in [3.05, 3.63) is 11.1 Å². The number of urea groups is 1. The predicted octanol–water partition coefficient (Wildman–Crippen LogP) is -0.130. The maximum Gasteiger partial charge on any atom is 0.309 e. The molecule has 0 saturated heterocycles. The number of rotatable bonds is 0. The third kappa shape index (κ3) is 6.83. The Morgan fingerprint density at radius 1 is 1.70 bits per heavy atom. The molecule has 0 bridgehead atoms. The second-order valence-corrected chi connectivity index (χ2v) is 2.06. The third-order valence-electron chi connectivity index (χ3n) is 0.469. The number of aryl methyl sites for hydroxylation is 1. The van der Waals surface area contributed by atoms with Gasteiger partial charge in [0.05, 0.1) is 5.69 Å². The van der Waals surface area contributed by atoms with Crippen LogP contribution in [0, 0.1) is 6.92 Å². The molecule has 0 aromatic carbocycles. The van der Waals surface area contributed by atoms with Crippen molar-refractivity contribution in [2.75, 3.05) is 0 Å². The van der Waals surface area contributed by atoms with Gasteiger partial charge in [-0.1, -0.05) is 4.49 Å². The van der Waals surface area contributed by atoms with Gasteiger partial charge in [0.2, 0.25) is 0 Å². The molecule has 6 heteroatoms. The monoisotopic (exact) mass is 160 g/mol. The van der Waals surface area contributed by atoms with E-state index in [0.717, 1.165) is 5.69 Å². The van der Waals surface area contributed by atoms with Crippen molar-refractivity contribution in [1.82, 2.24) is 9.59 Å². The van der Waals surface area contributed by atoms with Gasteiger partial charge in [-0.15, -0.1) is 5.10 Å². The zero-order valence-electron chi connectivity index (χ0n) is 5.44. The zero-order valence-corrected chi connectivity index (χ0v) is 6.26. The molecule has 0 fully saturated rings. The van der Waals surface area contributed by atoms with E-state index in [1.165, 1.54) is 11.5 Å². The normalized spacial score (nSPS) is 7.70. The van der Waals surface area contributed by atoms with Gasteiger partial charge >= 0.3 is 6.03 Å². The Bertz CT molecular complexity index is 181. The van der Waals surface area contributed by atoms with E-state index in [-0.39, 0.29) is 0 Å². The first-order valence-corrected chi connectivity index (χ1v) is 3.25. The van der Waals surface area contributed by atoms with Gasteiger partial charge in [-0.3, -0.25) is 0 Å². The van der Waals surface area contributed by atoms with E-state index in [1.54, 1.807) is 0 Å². The van der Waals surface area contributed by atoms with Gasteiger partial charge in [0.15, 0.2) is 0 Å². The Labute approximate surface area is 62.2 Å². The van der Waals surface area contributed by atoms with Crippen LogP contribution in [0.3, 0.4) is 0 Å². The van der Waals surface area contributed by atoms with Crippen LogP contribution >= 0.6 is 11.5 Å². The van der Waals surface area contributed by atoms with Crippen LogP contribution in [0.15, 0.2) is 5.38 Å². The highest BCUT2D eigenvalue weighted by Gasteiger charge is 1.78. The van der Waals surface area contributed by atoms with E-state index in [2.05, 4.69) is 21.1 Å². The molecule has 0 saturated carbocycles. The largest absolute Gasteiger partial charge is 0.352 e. The molecule has 0 spiro atoms. The smallest absolute Gasteiger partial charge is 0.309 e. The Hall–Kier alpha value is -1.17. The lowest BCUT2D eigenvalue weighted by Crippen LogP contribution is -2.18. The molecule has 0 unspecified atom stereocenters. The van der Waals surface area contributed by atoms with Crippen molar-refractivity contribution in [1.29, 1.82) is 0 Å². The van der Waals surface area contributed by atoms with E-state index in [1.807, 2.05) is 12.3 Å². The van der Waals surface area contributed by atoms with Crippen molar-refractivity contribution >= 4 is 17.6 Å². The van der Waals surface area contributed by atoms with E-state index in [4.69, 9.17) is 4.79 Å². The van der Waals surface area contributed by atoms with Gasteiger partial charge in [0.1, 0.15) is 0 Å². The number of aromatic nitrogens is 2. The number of primary amides is 2. The van der Waals surface area contributed by atoms with Crippen LogP contribution in [0.4, 0.5) is 4.79 Å². The number of nitrogens with zero attached hydrogens (tertiary/aromatic N) is 2. The van der Waals surface area contributed by atoms with Crippen molar-refractivity contribution in [2.24, 2.45) is 11.5 Å². The zero-order chi connectivity index (χ0) is 7.98. The topological polar surface area (TPSA) is 94.9 Å². The molecule has 0 aliphatic carbocycles. The maximum absolute atomic E-state index is 9.00. The van der Waals surface area contributed by atoms with Crippen molar-refractivity contribution in [3.8, 4) is 0 Å². The van der Waals surface area contributed by atoms with Gasteiger partial charge in [-0.2, -0.15) is 0 Å². The minimum atomic E-state index is -0.833. The summed E-state index contributed by atoms with van der Waals surface area (Å²) in [6.45, 7) is 1.92. The molecular formula is C4H8N4OS. The number of carbonyl (C=O) groups excluding carboxylic acids is 1. The molecule has 10 heavy (non-hydrogen) atoms. The molecule has 0 radical (unpaired) electrons. The molecule has 1 heterocycles. The molecule has 0 aliphatic rings. The number of hydrogen-bond acceptors (Lipinski definition) is 4. The summed E-state index contributed by atoms with van der Waals surface area (Å²) in [4.78, 5) is 9.00. The first-order chi connectivity index (χ1) is 4.63. The highest BCUT2D eigenvalue weighted by Crippen LogP contribution is 1.90. The fourth-order valence-electron chi connectivity index (χ4n) is 0.211. The molecule has 0 aliphatic heterocycles. The van der Waals surface area contributed by atoms with E-state index < -0.39 is 6.03 Å². The number of amides is 2. The molecule has 5 nitrogen and oxygen atoms in total. The van der Waals surface area contributed by atoms with Crippen LogP contribution < -0.4 is 11.5 Å². The number of nitrogens with two attached hydrogens (primary N) is 2. The SMILES string of the molecule is Cc1csnn1.NC(N)=O. The van der Waals surface area contributed by atoms with Gasteiger partial charge in [-0.05, 0) is 18.5 Å². The lowest BCUT2D eigenvalue weighted by Gasteiger charge is -1.62. The van der Waals surface area contributed by atoms with Crippen LogP contribution in [0.25, 0.3) is 0 Å². The lowest BCUT2D eigenvalue weighted by atomic mass is 10.6. The van der Waals surface area contributed by atoms with Gasteiger partial charge in [0.25, 0.3) is 0 Å². The molecule has 0 atom stereocenters. The average Bonchev–Trinajstić information content (AvgIpc) is 2.15. The van der Waals surface area contributed by atoms with E-state index in [9.17, 15) is 0 Å². The highest BCUT2D eigenvalue weighted by atomic mass is 32.1. The molecular weight excluding hydrogens is 152 g/mol. The summed E-state index contributed by atoms with van der Waals surface area (Å²) < 4.78 is 3.61. The van der Waals surface area contributed by atoms with Crippen LogP contribution in [0.5, 0.6) is 0 Å². The Morgan fingerprint density at radius 3 is 2.30 bits per heavy atom. The van der Waals surface area contributed by atoms with Crippen molar-refractivity contribution < 1.29 is 4.79 Å². The minimum absolute atomic E-state index is 0.833. The molecule has 1 rings (SSSR count). The number of carbonyl (C=O) groups is 1. The molecule has 1 aromatic rings. The molecule has 1 aromatic heterocycles. The summed E-state index contributed by atoms with van der Waals surface area (Å²) in [6.07, 6.45) is 0. The maximum atomic E-state index is 9.00. The van der Waals surface area contributed by atoms with Gasteiger partial charge in [0, 0.05) is 5.38 Å². The summed E-state index contributed by atoms with van der Waals surface area (Å²) in [5, 5.41) is 5.59. The van der Waals surface area contributed by atoms with E-state index in [0.29, 0.717) is 0 Å².